The van der Waals surface area contributed by atoms with Crippen LogP contribution in [-0.2, 0) is 13.7 Å². The van der Waals surface area contributed by atoms with Crippen molar-refractivity contribution in [1.82, 2.24) is 9.78 Å². The van der Waals surface area contributed by atoms with Crippen LogP contribution in [0.3, 0.4) is 0 Å². The molecule has 0 unspecified atom stereocenters. The number of aliphatic hydroxyl groups excluding tert-OH is 1. The van der Waals surface area contributed by atoms with Gasteiger partial charge in [-0.15, -0.1) is 0 Å². The van der Waals surface area contributed by atoms with E-state index >= 15 is 0 Å². The fourth-order valence-corrected chi connectivity index (χ4v) is 2.00. The number of hydrogen-bond acceptors (Lipinski definition) is 4. The summed E-state index contributed by atoms with van der Waals surface area (Å²) in [5.41, 5.74) is 1.55. The SMILES string of the molecule is CCCCOc1cccc(-c2cc(CO)c(=O)n(C)n2)c1. The van der Waals surface area contributed by atoms with Crippen molar-refractivity contribution in [2.75, 3.05) is 6.61 Å². The molecule has 2 rings (SSSR count). The lowest BCUT2D eigenvalue weighted by Crippen LogP contribution is -2.23. The Kier molecular flexibility index (Phi) is 5.11. The summed E-state index contributed by atoms with van der Waals surface area (Å²) in [4.78, 5) is 11.7. The largest absolute Gasteiger partial charge is 0.494 e. The van der Waals surface area contributed by atoms with Crippen molar-refractivity contribution in [2.24, 2.45) is 7.05 Å². The molecule has 0 amide bonds. The van der Waals surface area contributed by atoms with Gasteiger partial charge in [0.05, 0.1) is 18.9 Å². The number of aryl methyl sites for hydroxylation is 1. The van der Waals surface area contributed by atoms with Gasteiger partial charge in [-0.2, -0.15) is 5.10 Å². The van der Waals surface area contributed by atoms with Crippen LogP contribution in [0.25, 0.3) is 11.3 Å². The quantitative estimate of drug-likeness (QED) is 0.827. The van der Waals surface area contributed by atoms with Crippen LogP contribution in [0.5, 0.6) is 5.75 Å². The third kappa shape index (κ3) is 3.70. The van der Waals surface area contributed by atoms with Gasteiger partial charge in [0.2, 0.25) is 0 Å². The van der Waals surface area contributed by atoms with E-state index in [0.29, 0.717) is 17.9 Å². The summed E-state index contributed by atoms with van der Waals surface area (Å²) in [6.45, 7) is 2.50. The first-order valence-corrected chi connectivity index (χ1v) is 7.07. The molecule has 0 fully saturated rings. The third-order valence-corrected chi connectivity index (χ3v) is 3.20. The molecule has 2 aromatic rings. The molecular formula is C16H20N2O3. The minimum Gasteiger partial charge on any atom is -0.494 e. The monoisotopic (exact) mass is 288 g/mol. The van der Waals surface area contributed by atoms with Crippen LogP contribution >= 0.6 is 0 Å². The number of aliphatic hydroxyl groups is 1. The van der Waals surface area contributed by atoms with Gasteiger partial charge in [0.15, 0.2) is 0 Å². The van der Waals surface area contributed by atoms with Crippen LogP contribution < -0.4 is 10.3 Å². The summed E-state index contributed by atoms with van der Waals surface area (Å²) >= 11 is 0. The molecule has 21 heavy (non-hydrogen) atoms. The number of aromatic nitrogens is 2. The van der Waals surface area contributed by atoms with Crippen molar-refractivity contribution in [3.63, 3.8) is 0 Å². The molecule has 1 heterocycles. The molecule has 0 aliphatic carbocycles. The molecule has 0 aliphatic rings. The van der Waals surface area contributed by atoms with Gasteiger partial charge in [-0.3, -0.25) is 4.79 Å². The molecule has 0 spiro atoms. The maximum atomic E-state index is 11.7. The highest BCUT2D eigenvalue weighted by Crippen LogP contribution is 2.22. The minimum atomic E-state index is -0.297. The Morgan fingerprint density at radius 3 is 2.86 bits per heavy atom. The lowest BCUT2D eigenvalue weighted by molar-refractivity contribution is 0.279. The zero-order chi connectivity index (χ0) is 15.2. The second kappa shape index (κ2) is 7.04. The van der Waals surface area contributed by atoms with Gasteiger partial charge < -0.3 is 9.84 Å². The summed E-state index contributed by atoms with van der Waals surface area (Å²) < 4.78 is 6.91. The summed E-state index contributed by atoms with van der Waals surface area (Å²) in [5, 5.41) is 13.5. The van der Waals surface area contributed by atoms with E-state index in [4.69, 9.17) is 4.74 Å². The fourth-order valence-electron chi connectivity index (χ4n) is 2.00. The average Bonchev–Trinajstić information content (AvgIpc) is 2.50. The van der Waals surface area contributed by atoms with Crippen molar-refractivity contribution < 1.29 is 9.84 Å². The zero-order valence-corrected chi connectivity index (χ0v) is 12.4. The fraction of sp³-hybridized carbons (Fsp3) is 0.375. The van der Waals surface area contributed by atoms with Crippen molar-refractivity contribution in [3.05, 3.63) is 46.2 Å². The van der Waals surface area contributed by atoms with E-state index in [1.807, 2.05) is 24.3 Å². The van der Waals surface area contributed by atoms with Gasteiger partial charge in [-0.05, 0) is 24.6 Å². The smallest absolute Gasteiger partial charge is 0.272 e. The van der Waals surface area contributed by atoms with E-state index in [0.717, 1.165) is 24.2 Å². The van der Waals surface area contributed by atoms with Gasteiger partial charge in [0, 0.05) is 18.2 Å². The van der Waals surface area contributed by atoms with Gasteiger partial charge in [-0.1, -0.05) is 25.5 Å². The van der Waals surface area contributed by atoms with Gasteiger partial charge in [-0.25, -0.2) is 4.68 Å². The Balaban J connectivity index is 2.31. The number of rotatable bonds is 6. The van der Waals surface area contributed by atoms with Gasteiger partial charge in [0.1, 0.15) is 5.75 Å². The van der Waals surface area contributed by atoms with Crippen LogP contribution in [-0.4, -0.2) is 21.5 Å². The summed E-state index contributed by atoms with van der Waals surface area (Å²) in [6.07, 6.45) is 2.10. The third-order valence-electron chi connectivity index (χ3n) is 3.20. The molecule has 0 radical (unpaired) electrons. The summed E-state index contributed by atoms with van der Waals surface area (Å²) in [5.74, 6) is 0.780. The molecular weight excluding hydrogens is 268 g/mol. The molecule has 5 nitrogen and oxygen atoms in total. The van der Waals surface area contributed by atoms with E-state index in [9.17, 15) is 9.90 Å². The van der Waals surface area contributed by atoms with Crippen LogP contribution in [0.1, 0.15) is 25.3 Å². The Bertz CT molecular complexity index is 665. The second-order valence-corrected chi connectivity index (χ2v) is 4.87. The van der Waals surface area contributed by atoms with Crippen LogP contribution in [0.15, 0.2) is 35.1 Å². The highest BCUT2D eigenvalue weighted by Gasteiger charge is 2.08. The Hall–Kier alpha value is -2.14. The molecule has 0 aliphatic heterocycles. The summed E-state index contributed by atoms with van der Waals surface area (Å²) in [6, 6.07) is 9.20. The number of ether oxygens (including phenoxy) is 1. The van der Waals surface area contributed by atoms with E-state index in [1.165, 1.54) is 4.68 Å². The van der Waals surface area contributed by atoms with Crippen LogP contribution in [0.2, 0.25) is 0 Å². The number of benzene rings is 1. The molecule has 1 N–H and O–H groups in total. The Labute approximate surface area is 123 Å². The molecule has 1 aromatic heterocycles. The number of hydrogen-bond donors (Lipinski definition) is 1. The lowest BCUT2D eigenvalue weighted by atomic mass is 10.1. The topological polar surface area (TPSA) is 64.3 Å². The van der Waals surface area contributed by atoms with Crippen molar-refractivity contribution in [2.45, 2.75) is 26.4 Å². The molecule has 0 atom stereocenters. The predicted octanol–water partition coefficient (Wildman–Crippen LogP) is 2.12. The van der Waals surface area contributed by atoms with E-state index < -0.39 is 0 Å². The van der Waals surface area contributed by atoms with E-state index in [2.05, 4.69) is 12.0 Å². The highest BCUT2D eigenvalue weighted by atomic mass is 16.5. The zero-order valence-electron chi connectivity index (χ0n) is 12.4. The Morgan fingerprint density at radius 1 is 1.33 bits per heavy atom. The molecule has 0 bridgehead atoms. The average molecular weight is 288 g/mol. The molecule has 0 saturated carbocycles. The highest BCUT2D eigenvalue weighted by molar-refractivity contribution is 5.61. The maximum absolute atomic E-state index is 11.7. The predicted molar refractivity (Wildman–Crippen MR) is 81.2 cm³/mol. The number of unbranched alkanes of at least 4 members (excludes halogenated alkanes) is 1. The van der Waals surface area contributed by atoms with E-state index in [-0.39, 0.29) is 12.2 Å². The maximum Gasteiger partial charge on any atom is 0.272 e. The van der Waals surface area contributed by atoms with Crippen molar-refractivity contribution in [3.8, 4) is 17.0 Å². The van der Waals surface area contributed by atoms with Crippen molar-refractivity contribution in [1.29, 1.82) is 0 Å². The second-order valence-electron chi connectivity index (χ2n) is 4.87. The first-order chi connectivity index (χ1) is 10.2. The molecule has 112 valence electrons. The Morgan fingerprint density at radius 2 is 2.14 bits per heavy atom. The molecule has 0 saturated heterocycles. The van der Waals surface area contributed by atoms with E-state index in [1.54, 1.807) is 13.1 Å². The first kappa shape index (κ1) is 15.3. The standard InChI is InChI=1S/C16H20N2O3/c1-3-4-8-21-14-7-5-6-12(9-14)15-10-13(11-19)16(20)18(2)17-15/h5-7,9-10,19H,3-4,8,11H2,1-2H3. The first-order valence-electron chi connectivity index (χ1n) is 7.07. The van der Waals surface area contributed by atoms with Gasteiger partial charge >= 0.3 is 0 Å². The molecule has 5 heteroatoms. The van der Waals surface area contributed by atoms with Crippen LogP contribution in [0.4, 0.5) is 0 Å². The molecule has 1 aromatic carbocycles. The number of nitrogens with zero attached hydrogens (tertiary/aromatic N) is 2. The van der Waals surface area contributed by atoms with Crippen LogP contribution in [0, 0.1) is 0 Å². The minimum absolute atomic E-state index is 0.281. The normalized spacial score (nSPS) is 10.6. The van der Waals surface area contributed by atoms with Crippen molar-refractivity contribution >= 4 is 0 Å². The summed E-state index contributed by atoms with van der Waals surface area (Å²) in [7, 11) is 1.58. The lowest BCUT2D eigenvalue weighted by Gasteiger charge is -2.09. The van der Waals surface area contributed by atoms with Gasteiger partial charge in [0.25, 0.3) is 5.56 Å².